The Bertz CT molecular complexity index is 1600. The number of fused-ring (bicyclic) bond motifs is 3. The largest absolute Gasteiger partial charge is 0.351 e. The molecular weight excluding hydrogens is 514 g/mol. The molecule has 2 aliphatic heterocycles. The van der Waals surface area contributed by atoms with E-state index in [0.29, 0.717) is 24.5 Å². The van der Waals surface area contributed by atoms with Crippen molar-refractivity contribution >= 4 is 28.6 Å². The lowest BCUT2D eigenvalue weighted by Crippen LogP contribution is -2.59. The average molecular weight is 550 g/mol. The van der Waals surface area contributed by atoms with Crippen molar-refractivity contribution in [2.24, 2.45) is 5.41 Å². The Morgan fingerprint density at radius 2 is 1.66 bits per heavy atom. The van der Waals surface area contributed by atoms with E-state index in [9.17, 15) is 14.4 Å². The molecule has 2 fully saturated rings. The van der Waals surface area contributed by atoms with Gasteiger partial charge in [0.2, 0.25) is 5.91 Å². The van der Waals surface area contributed by atoms with Gasteiger partial charge in [0.15, 0.2) is 0 Å². The van der Waals surface area contributed by atoms with Gasteiger partial charge in [-0.2, -0.15) is 0 Å². The van der Waals surface area contributed by atoms with Crippen molar-refractivity contribution in [3.05, 3.63) is 89.9 Å². The van der Waals surface area contributed by atoms with Gasteiger partial charge in [0.25, 0.3) is 11.8 Å². The molecule has 6 rings (SSSR count). The summed E-state index contributed by atoms with van der Waals surface area (Å²) >= 11 is 0. The van der Waals surface area contributed by atoms with Crippen molar-refractivity contribution < 1.29 is 14.4 Å². The molecule has 41 heavy (non-hydrogen) atoms. The van der Waals surface area contributed by atoms with Crippen LogP contribution in [0.5, 0.6) is 0 Å². The molecule has 8 heteroatoms. The predicted octanol–water partition coefficient (Wildman–Crippen LogP) is 4.81. The number of amides is 3. The molecule has 0 radical (unpaired) electrons. The Balaban J connectivity index is 1.13. The summed E-state index contributed by atoms with van der Waals surface area (Å²) in [6.07, 6.45) is 2.48. The van der Waals surface area contributed by atoms with Gasteiger partial charge in [-0.25, -0.2) is 0 Å². The van der Waals surface area contributed by atoms with Gasteiger partial charge >= 0.3 is 0 Å². The monoisotopic (exact) mass is 549 g/mol. The van der Waals surface area contributed by atoms with Crippen molar-refractivity contribution in [3.8, 4) is 11.1 Å². The fourth-order valence-corrected chi connectivity index (χ4v) is 6.13. The number of aromatic amines is 1. The summed E-state index contributed by atoms with van der Waals surface area (Å²) in [4.78, 5) is 51.8. The predicted molar refractivity (Wildman–Crippen MR) is 158 cm³/mol. The van der Waals surface area contributed by atoms with Crippen molar-refractivity contribution in [2.45, 2.75) is 52.2 Å². The van der Waals surface area contributed by atoms with Crippen LogP contribution in [0.3, 0.4) is 0 Å². The van der Waals surface area contributed by atoms with E-state index in [0.717, 1.165) is 34.0 Å². The van der Waals surface area contributed by atoms with E-state index in [4.69, 9.17) is 0 Å². The Morgan fingerprint density at radius 1 is 0.951 bits per heavy atom. The number of carbonyl (C=O) groups is 3. The van der Waals surface area contributed by atoms with Crippen LogP contribution < -0.4 is 5.32 Å². The van der Waals surface area contributed by atoms with E-state index in [1.807, 2.05) is 79.1 Å². The molecule has 3 atom stereocenters. The van der Waals surface area contributed by atoms with Crippen LogP contribution in [0.25, 0.3) is 22.0 Å². The molecule has 0 aliphatic carbocycles. The Kier molecular flexibility index (Phi) is 6.64. The molecule has 2 saturated heterocycles. The number of rotatable bonds is 5. The number of nitrogens with zero attached hydrogens (tertiary/aromatic N) is 3. The number of piperazine rings is 1. The van der Waals surface area contributed by atoms with Crippen LogP contribution in [-0.4, -0.2) is 68.7 Å². The fraction of sp³-hybridized carbons (Fsp3) is 0.333. The van der Waals surface area contributed by atoms with Gasteiger partial charge in [-0.15, -0.1) is 0 Å². The third-order valence-electron chi connectivity index (χ3n) is 8.39. The SMILES string of the molecule is Cc1ccccc1-c1ccc(C(=O)N2C[C@@H]3C[C@H]2CN3C(=O)[C@@H](NC(=O)c2cc3ccccc3[nH]2)C(C)(C)C)nc1. The van der Waals surface area contributed by atoms with E-state index >= 15 is 0 Å². The van der Waals surface area contributed by atoms with Crippen LogP contribution in [0.4, 0.5) is 0 Å². The first-order valence-corrected chi connectivity index (χ1v) is 14.1. The third-order valence-corrected chi connectivity index (χ3v) is 8.39. The van der Waals surface area contributed by atoms with Gasteiger partial charge < -0.3 is 20.1 Å². The van der Waals surface area contributed by atoms with Crippen molar-refractivity contribution in [3.63, 3.8) is 0 Å². The summed E-state index contributed by atoms with van der Waals surface area (Å²) in [5.74, 6) is -0.529. The van der Waals surface area contributed by atoms with E-state index in [2.05, 4.69) is 28.3 Å². The molecule has 2 bridgehead atoms. The molecule has 0 spiro atoms. The van der Waals surface area contributed by atoms with E-state index < -0.39 is 11.5 Å². The highest BCUT2D eigenvalue weighted by molar-refractivity contribution is 6.00. The minimum absolute atomic E-state index is 0.0701. The average Bonchev–Trinajstić information content (AvgIpc) is 3.69. The molecule has 8 nitrogen and oxygen atoms in total. The molecule has 210 valence electrons. The second-order valence-corrected chi connectivity index (χ2v) is 12.3. The van der Waals surface area contributed by atoms with E-state index in [-0.39, 0.29) is 29.8 Å². The van der Waals surface area contributed by atoms with Crippen LogP contribution in [0.1, 0.15) is 53.7 Å². The second kappa shape index (κ2) is 10.2. The van der Waals surface area contributed by atoms with Crippen LogP contribution >= 0.6 is 0 Å². The summed E-state index contributed by atoms with van der Waals surface area (Å²) in [5.41, 5.74) is 4.43. The minimum Gasteiger partial charge on any atom is -0.351 e. The first-order valence-electron chi connectivity index (χ1n) is 14.1. The highest BCUT2D eigenvalue weighted by atomic mass is 16.2. The van der Waals surface area contributed by atoms with Crippen LogP contribution in [-0.2, 0) is 4.79 Å². The number of aromatic nitrogens is 2. The lowest BCUT2D eigenvalue weighted by molar-refractivity contribution is -0.138. The van der Waals surface area contributed by atoms with Crippen molar-refractivity contribution in [1.82, 2.24) is 25.1 Å². The Hall–Kier alpha value is -4.46. The number of hydrogen-bond donors (Lipinski definition) is 2. The standard InChI is InChI=1S/C33H35N5O3/c1-20-9-5-7-11-25(20)22-13-14-27(34-17-22)31(40)37-18-24-16-23(37)19-38(24)32(41)29(33(2,3)4)36-30(39)28-15-21-10-6-8-12-26(21)35-28/h5-15,17,23-24,29,35H,16,18-19H2,1-4H3,(H,36,39)/t23-,24-,29+/m0/s1. The summed E-state index contributed by atoms with van der Waals surface area (Å²) in [7, 11) is 0. The summed E-state index contributed by atoms with van der Waals surface area (Å²) in [6.45, 7) is 8.83. The number of pyridine rings is 1. The Labute approximate surface area is 239 Å². The topological polar surface area (TPSA) is 98.4 Å². The number of H-pyrrole nitrogens is 1. The number of likely N-dealkylation sites (tertiary alicyclic amines) is 2. The molecule has 0 saturated carbocycles. The maximum atomic E-state index is 13.9. The zero-order chi connectivity index (χ0) is 28.9. The first kappa shape index (κ1) is 26.7. The quantitative estimate of drug-likeness (QED) is 0.373. The van der Waals surface area contributed by atoms with Crippen molar-refractivity contribution in [2.75, 3.05) is 13.1 Å². The summed E-state index contributed by atoms with van der Waals surface area (Å²) in [5, 5.41) is 3.94. The summed E-state index contributed by atoms with van der Waals surface area (Å²) < 4.78 is 0. The van der Waals surface area contributed by atoms with Gasteiger partial charge in [0, 0.05) is 35.8 Å². The van der Waals surface area contributed by atoms with Crippen LogP contribution in [0.2, 0.25) is 0 Å². The smallest absolute Gasteiger partial charge is 0.272 e. The highest BCUT2D eigenvalue weighted by Crippen LogP contribution is 2.34. The lowest BCUT2D eigenvalue weighted by Gasteiger charge is -2.39. The van der Waals surface area contributed by atoms with Crippen LogP contribution in [0.15, 0.2) is 72.9 Å². The van der Waals surface area contributed by atoms with Crippen LogP contribution in [0, 0.1) is 12.3 Å². The normalized spacial score (nSPS) is 19.0. The highest BCUT2D eigenvalue weighted by Gasteiger charge is 2.50. The zero-order valence-corrected chi connectivity index (χ0v) is 23.8. The number of hydrogen-bond acceptors (Lipinski definition) is 4. The maximum absolute atomic E-state index is 13.9. The van der Waals surface area contributed by atoms with Gasteiger partial charge in [-0.05, 0) is 48.1 Å². The minimum atomic E-state index is -0.708. The molecule has 4 aromatic rings. The summed E-state index contributed by atoms with van der Waals surface area (Å²) in [6, 6.07) is 20.5. The second-order valence-electron chi connectivity index (χ2n) is 12.3. The van der Waals surface area contributed by atoms with E-state index in [1.165, 1.54) is 0 Å². The maximum Gasteiger partial charge on any atom is 0.272 e. The molecule has 0 unspecified atom stereocenters. The molecule has 3 amide bonds. The number of benzene rings is 2. The van der Waals surface area contributed by atoms with Gasteiger partial charge in [-0.3, -0.25) is 19.4 Å². The van der Waals surface area contributed by atoms with Gasteiger partial charge in [-0.1, -0.05) is 69.3 Å². The number of nitrogens with one attached hydrogen (secondary N) is 2. The molecule has 2 aromatic heterocycles. The molecule has 2 N–H and O–H groups in total. The number of carbonyl (C=O) groups excluding carboxylic acids is 3. The zero-order valence-electron chi connectivity index (χ0n) is 23.8. The number of aryl methyl sites for hydroxylation is 1. The van der Waals surface area contributed by atoms with Gasteiger partial charge in [0.1, 0.15) is 17.4 Å². The molecule has 2 aromatic carbocycles. The molecular formula is C33H35N5O3. The Morgan fingerprint density at radius 3 is 2.32 bits per heavy atom. The first-order chi connectivity index (χ1) is 19.6. The third kappa shape index (κ3) is 4.99. The molecule has 2 aliphatic rings. The molecule has 4 heterocycles. The lowest BCUT2D eigenvalue weighted by atomic mass is 9.85. The van der Waals surface area contributed by atoms with E-state index in [1.54, 1.807) is 18.3 Å². The van der Waals surface area contributed by atoms with Gasteiger partial charge in [0.05, 0.1) is 12.1 Å². The van der Waals surface area contributed by atoms with Crippen molar-refractivity contribution in [1.29, 1.82) is 0 Å². The number of para-hydroxylation sites is 1. The fourth-order valence-electron chi connectivity index (χ4n) is 6.13.